The zero-order valence-electron chi connectivity index (χ0n) is 9.69. The Morgan fingerprint density at radius 3 is 2.50 bits per heavy atom. The zero-order chi connectivity index (χ0) is 11.2. The van der Waals surface area contributed by atoms with Crippen molar-refractivity contribution < 1.29 is 10.2 Å². The molecule has 16 heavy (non-hydrogen) atoms. The number of hydrogen-bond donors (Lipinski definition) is 2. The van der Waals surface area contributed by atoms with Gasteiger partial charge >= 0.3 is 0 Å². The second-order valence-electron chi connectivity index (χ2n) is 5.70. The quantitative estimate of drug-likeness (QED) is 0.744. The molecular formula is C12H21NO2S. The smallest absolute Gasteiger partial charge is 0.0838 e. The van der Waals surface area contributed by atoms with Crippen molar-refractivity contribution in [3.05, 3.63) is 0 Å². The third kappa shape index (κ3) is 1.40. The molecule has 4 heteroatoms. The van der Waals surface area contributed by atoms with Gasteiger partial charge in [0.2, 0.25) is 0 Å². The molecule has 4 rings (SSSR count). The Morgan fingerprint density at radius 2 is 2.06 bits per heavy atom. The van der Waals surface area contributed by atoms with Crippen molar-refractivity contribution in [1.82, 2.24) is 4.90 Å². The lowest BCUT2D eigenvalue weighted by Crippen LogP contribution is -2.66. The summed E-state index contributed by atoms with van der Waals surface area (Å²) < 4.78 is 0. The number of aliphatic hydroxyl groups is 2. The molecule has 0 amide bonds. The third-order valence-corrected chi connectivity index (χ3v) is 6.26. The summed E-state index contributed by atoms with van der Waals surface area (Å²) in [5.41, 5.74) is -0.844. The maximum absolute atomic E-state index is 10.9. The van der Waals surface area contributed by atoms with E-state index in [9.17, 15) is 10.2 Å². The van der Waals surface area contributed by atoms with Crippen LogP contribution in [-0.4, -0.2) is 58.5 Å². The predicted molar refractivity (Wildman–Crippen MR) is 65.6 cm³/mol. The van der Waals surface area contributed by atoms with Gasteiger partial charge < -0.3 is 15.1 Å². The summed E-state index contributed by atoms with van der Waals surface area (Å²) >= 11 is 1.84. The highest BCUT2D eigenvalue weighted by Crippen LogP contribution is 2.53. The molecule has 4 heterocycles. The lowest BCUT2D eigenvalue weighted by molar-refractivity contribution is -0.177. The van der Waals surface area contributed by atoms with Crippen LogP contribution in [0.15, 0.2) is 0 Å². The fourth-order valence-electron chi connectivity index (χ4n) is 3.97. The van der Waals surface area contributed by atoms with E-state index in [-0.39, 0.29) is 12.0 Å². The van der Waals surface area contributed by atoms with Crippen LogP contribution < -0.4 is 0 Å². The Labute approximate surface area is 101 Å². The molecule has 0 aromatic carbocycles. The molecule has 0 spiro atoms. The van der Waals surface area contributed by atoms with Crippen LogP contribution in [0.4, 0.5) is 0 Å². The molecule has 0 aromatic rings. The van der Waals surface area contributed by atoms with Gasteiger partial charge in [-0.2, -0.15) is 11.8 Å². The summed E-state index contributed by atoms with van der Waals surface area (Å²) in [4.78, 5) is 2.43. The maximum Gasteiger partial charge on any atom is 0.0838 e. The second-order valence-corrected chi connectivity index (χ2v) is 6.80. The number of nitrogens with zero attached hydrogens (tertiary/aromatic N) is 1. The maximum atomic E-state index is 10.9. The van der Waals surface area contributed by atoms with Gasteiger partial charge in [-0.3, -0.25) is 0 Å². The van der Waals surface area contributed by atoms with Crippen LogP contribution in [0.1, 0.15) is 19.3 Å². The predicted octanol–water partition coefficient (Wildman–Crippen LogP) is 0.559. The van der Waals surface area contributed by atoms with Crippen molar-refractivity contribution in [2.75, 3.05) is 37.7 Å². The van der Waals surface area contributed by atoms with Crippen molar-refractivity contribution >= 4 is 11.8 Å². The molecule has 0 aliphatic carbocycles. The van der Waals surface area contributed by atoms with Crippen LogP contribution in [0, 0.1) is 11.3 Å². The standard InChI is InChI=1S/C12H21NO2S/c14-8-11(12(15)3-6-16-9-12)7-13-4-1-10(11)2-5-13/h10,14-15H,1-9H2. The minimum atomic E-state index is -0.615. The van der Waals surface area contributed by atoms with Gasteiger partial charge in [-0.05, 0) is 44.0 Å². The van der Waals surface area contributed by atoms with Crippen LogP contribution in [0.5, 0.6) is 0 Å². The van der Waals surface area contributed by atoms with Crippen molar-refractivity contribution in [3.63, 3.8) is 0 Å². The van der Waals surface area contributed by atoms with E-state index in [2.05, 4.69) is 4.90 Å². The van der Waals surface area contributed by atoms with E-state index >= 15 is 0 Å². The molecule has 3 nitrogen and oxygen atoms in total. The SMILES string of the molecule is OCC1(C2(O)CCSC2)CN2CCC1CC2. The number of hydrogen-bond acceptors (Lipinski definition) is 4. The number of fused-ring (bicyclic) bond motifs is 3. The lowest BCUT2D eigenvalue weighted by Gasteiger charge is -2.58. The fraction of sp³-hybridized carbons (Fsp3) is 1.00. The van der Waals surface area contributed by atoms with E-state index in [1.165, 1.54) is 0 Å². The first kappa shape index (κ1) is 11.3. The zero-order valence-corrected chi connectivity index (χ0v) is 10.5. The van der Waals surface area contributed by atoms with Gasteiger partial charge in [0, 0.05) is 17.7 Å². The van der Waals surface area contributed by atoms with Crippen LogP contribution in [0.3, 0.4) is 0 Å². The Morgan fingerprint density at radius 1 is 1.31 bits per heavy atom. The first-order valence-corrected chi connectivity index (χ1v) is 7.49. The van der Waals surface area contributed by atoms with Crippen LogP contribution in [0.25, 0.3) is 0 Å². The first-order chi connectivity index (χ1) is 7.70. The summed E-state index contributed by atoms with van der Waals surface area (Å²) in [5.74, 6) is 2.40. The van der Waals surface area contributed by atoms with Gasteiger partial charge in [-0.15, -0.1) is 0 Å². The molecule has 4 saturated heterocycles. The summed E-state index contributed by atoms with van der Waals surface area (Å²) in [5, 5.41) is 20.8. The highest BCUT2D eigenvalue weighted by molar-refractivity contribution is 7.99. The molecule has 4 aliphatic heterocycles. The average molecular weight is 243 g/mol. The topological polar surface area (TPSA) is 43.7 Å². The average Bonchev–Trinajstić information content (AvgIpc) is 2.79. The van der Waals surface area contributed by atoms with Crippen molar-refractivity contribution in [1.29, 1.82) is 0 Å². The van der Waals surface area contributed by atoms with E-state index in [1.807, 2.05) is 11.8 Å². The van der Waals surface area contributed by atoms with E-state index in [0.29, 0.717) is 5.92 Å². The molecule has 2 N–H and O–H groups in total. The van der Waals surface area contributed by atoms with Gasteiger partial charge in [0.15, 0.2) is 0 Å². The largest absolute Gasteiger partial charge is 0.396 e. The van der Waals surface area contributed by atoms with Crippen molar-refractivity contribution in [2.45, 2.75) is 24.9 Å². The van der Waals surface area contributed by atoms with Crippen LogP contribution in [-0.2, 0) is 0 Å². The molecule has 4 fully saturated rings. The molecule has 2 bridgehead atoms. The molecule has 92 valence electrons. The second kappa shape index (κ2) is 3.87. The molecule has 0 radical (unpaired) electrons. The van der Waals surface area contributed by atoms with Gasteiger partial charge in [0.05, 0.1) is 12.2 Å². The van der Waals surface area contributed by atoms with E-state index in [0.717, 1.165) is 50.4 Å². The highest BCUT2D eigenvalue weighted by atomic mass is 32.2. The third-order valence-electron chi connectivity index (χ3n) is 5.08. The Hall–Kier alpha value is 0.230. The molecule has 4 aliphatic rings. The molecular weight excluding hydrogens is 222 g/mol. The Kier molecular flexibility index (Phi) is 2.74. The van der Waals surface area contributed by atoms with Crippen LogP contribution in [0.2, 0.25) is 0 Å². The molecule has 2 unspecified atom stereocenters. The number of aliphatic hydroxyl groups excluding tert-OH is 1. The lowest BCUT2D eigenvalue weighted by atomic mass is 9.58. The minimum Gasteiger partial charge on any atom is -0.396 e. The first-order valence-electron chi connectivity index (χ1n) is 6.34. The van der Waals surface area contributed by atoms with Crippen molar-refractivity contribution in [3.8, 4) is 0 Å². The van der Waals surface area contributed by atoms with Crippen molar-refractivity contribution in [2.24, 2.45) is 11.3 Å². The molecule has 0 aromatic heterocycles. The van der Waals surface area contributed by atoms with E-state index in [4.69, 9.17) is 0 Å². The summed E-state index contributed by atoms with van der Waals surface area (Å²) in [7, 11) is 0. The van der Waals surface area contributed by atoms with Gasteiger partial charge in [0.25, 0.3) is 0 Å². The van der Waals surface area contributed by atoms with Gasteiger partial charge in [0.1, 0.15) is 0 Å². The number of thioether (sulfide) groups is 1. The number of rotatable bonds is 2. The highest BCUT2D eigenvalue weighted by Gasteiger charge is 2.59. The molecule has 0 saturated carbocycles. The minimum absolute atomic E-state index is 0.158. The normalized spacial score (nSPS) is 52.1. The van der Waals surface area contributed by atoms with E-state index < -0.39 is 5.60 Å². The fourth-order valence-corrected chi connectivity index (χ4v) is 5.37. The number of piperidine rings is 3. The summed E-state index contributed by atoms with van der Waals surface area (Å²) in [6, 6.07) is 0. The summed E-state index contributed by atoms with van der Waals surface area (Å²) in [6.07, 6.45) is 3.18. The van der Waals surface area contributed by atoms with Gasteiger partial charge in [-0.1, -0.05) is 0 Å². The Balaban J connectivity index is 1.93. The van der Waals surface area contributed by atoms with Crippen LogP contribution >= 0.6 is 11.8 Å². The molecule has 2 atom stereocenters. The van der Waals surface area contributed by atoms with Gasteiger partial charge in [-0.25, -0.2) is 0 Å². The summed E-state index contributed by atoms with van der Waals surface area (Å²) in [6.45, 7) is 3.39. The monoisotopic (exact) mass is 243 g/mol. The van der Waals surface area contributed by atoms with E-state index in [1.54, 1.807) is 0 Å². The Bertz CT molecular complexity index is 272.